The minimum Gasteiger partial charge on any atom is -0.323 e. The van der Waals surface area contributed by atoms with Crippen LogP contribution in [0.25, 0.3) is 0 Å². The van der Waals surface area contributed by atoms with Crippen molar-refractivity contribution in [2.24, 2.45) is 5.73 Å². The average Bonchev–Trinajstić information content (AvgIpc) is 2.38. The lowest BCUT2D eigenvalue weighted by atomic mass is 10.0. The Morgan fingerprint density at radius 1 is 1.10 bits per heavy atom. The Labute approximate surface area is 124 Å². The van der Waals surface area contributed by atoms with Crippen molar-refractivity contribution in [3.8, 4) is 0 Å². The van der Waals surface area contributed by atoms with Crippen LogP contribution in [0, 0.1) is 19.7 Å². The Kier molecular flexibility index (Phi) is 4.44. The van der Waals surface area contributed by atoms with E-state index < -0.39 is 21.7 Å². The van der Waals surface area contributed by atoms with Gasteiger partial charge in [0.25, 0.3) is 0 Å². The average molecular weight is 307 g/mol. The third kappa shape index (κ3) is 3.68. The summed E-state index contributed by atoms with van der Waals surface area (Å²) in [5, 5.41) is 0. The molecule has 112 valence electrons. The number of nitrogens with two attached hydrogens (primary N) is 1. The number of halogens is 1. The van der Waals surface area contributed by atoms with Gasteiger partial charge in [0.1, 0.15) is 5.82 Å². The van der Waals surface area contributed by atoms with Gasteiger partial charge in [0.2, 0.25) is 0 Å². The lowest BCUT2D eigenvalue weighted by molar-refractivity contribution is 0.587. The molecule has 0 saturated carbocycles. The Bertz CT molecular complexity index is 739. The zero-order valence-electron chi connectivity index (χ0n) is 12.0. The molecule has 0 bridgehead atoms. The molecule has 1 atom stereocenters. The normalized spacial score (nSPS) is 13.1. The SMILES string of the molecule is Cc1ccc(C(N)CS(=O)(=O)c2ccc(F)cc2)c(C)c1. The Morgan fingerprint density at radius 3 is 2.29 bits per heavy atom. The van der Waals surface area contributed by atoms with Gasteiger partial charge in [0.05, 0.1) is 10.6 Å². The summed E-state index contributed by atoms with van der Waals surface area (Å²) in [6.07, 6.45) is 0. The molecule has 2 aromatic carbocycles. The van der Waals surface area contributed by atoms with Gasteiger partial charge < -0.3 is 5.73 Å². The van der Waals surface area contributed by atoms with Crippen molar-refractivity contribution in [3.05, 3.63) is 65.0 Å². The summed E-state index contributed by atoms with van der Waals surface area (Å²) < 4.78 is 37.5. The summed E-state index contributed by atoms with van der Waals surface area (Å²) in [5.41, 5.74) is 8.93. The molecule has 0 radical (unpaired) electrons. The molecule has 0 fully saturated rings. The number of aryl methyl sites for hydroxylation is 2. The van der Waals surface area contributed by atoms with Crippen LogP contribution in [-0.4, -0.2) is 14.2 Å². The minimum absolute atomic E-state index is 0.0871. The maximum atomic E-state index is 12.9. The van der Waals surface area contributed by atoms with Crippen molar-refractivity contribution >= 4 is 9.84 Å². The molecule has 1 unspecified atom stereocenters. The number of hydrogen-bond acceptors (Lipinski definition) is 3. The van der Waals surface area contributed by atoms with Crippen molar-refractivity contribution < 1.29 is 12.8 Å². The van der Waals surface area contributed by atoms with Crippen LogP contribution in [0.4, 0.5) is 4.39 Å². The molecule has 0 aliphatic heterocycles. The minimum atomic E-state index is -3.54. The molecule has 0 spiro atoms. The van der Waals surface area contributed by atoms with Crippen LogP contribution in [0.1, 0.15) is 22.7 Å². The maximum Gasteiger partial charge on any atom is 0.180 e. The maximum absolute atomic E-state index is 12.9. The molecule has 2 N–H and O–H groups in total. The summed E-state index contributed by atoms with van der Waals surface area (Å²) in [6, 6.07) is 9.92. The highest BCUT2D eigenvalue weighted by Gasteiger charge is 2.21. The third-order valence-corrected chi connectivity index (χ3v) is 5.18. The Balaban J connectivity index is 2.25. The van der Waals surface area contributed by atoms with Crippen molar-refractivity contribution in [2.75, 3.05) is 5.75 Å². The van der Waals surface area contributed by atoms with Gasteiger partial charge in [-0.05, 0) is 49.2 Å². The second-order valence-electron chi connectivity index (χ2n) is 5.20. The largest absolute Gasteiger partial charge is 0.323 e. The molecular formula is C16H18FNO2S. The number of rotatable bonds is 4. The second-order valence-corrected chi connectivity index (χ2v) is 7.24. The molecule has 0 amide bonds. The van der Waals surface area contributed by atoms with E-state index in [4.69, 9.17) is 5.73 Å². The van der Waals surface area contributed by atoms with Crippen molar-refractivity contribution in [3.63, 3.8) is 0 Å². The van der Waals surface area contributed by atoms with E-state index in [0.717, 1.165) is 28.8 Å². The van der Waals surface area contributed by atoms with Crippen LogP contribution < -0.4 is 5.73 Å². The van der Waals surface area contributed by atoms with Gasteiger partial charge in [-0.15, -0.1) is 0 Å². The van der Waals surface area contributed by atoms with E-state index in [1.807, 2.05) is 32.0 Å². The lowest BCUT2D eigenvalue weighted by Gasteiger charge is -2.15. The number of sulfone groups is 1. The topological polar surface area (TPSA) is 60.2 Å². The highest BCUT2D eigenvalue weighted by Crippen LogP contribution is 2.22. The predicted molar refractivity (Wildman–Crippen MR) is 81.3 cm³/mol. The quantitative estimate of drug-likeness (QED) is 0.884. The van der Waals surface area contributed by atoms with Crippen LogP contribution in [0.5, 0.6) is 0 Å². The third-order valence-electron chi connectivity index (χ3n) is 3.40. The Morgan fingerprint density at radius 2 is 1.71 bits per heavy atom. The van der Waals surface area contributed by atoms with Gasteiger partial charge in [-0.25, -0.2) is 12.8 Å². The summed E-state index contributed by atoms with van der Waals surface area (Å²) in [4.78, 5) is 0.0871. The number of benzene rings is 2. The van der Waals surface area contributed by atoms with Gasteiger partial charge in [-0.3, -0.25) is 0 Å². The van der Waals surface area contributed by atoms with E-state index in [9.17, 15) is 12.8 Å². The van der Waals surface area contributed by atoms with E-state index >= 15 is 0 Å². The fourth-order valence-corrected chi connectivity index (χ4v) is 3.70. The summed E-state index contributed by atoms with van der Waals surface area (Å²) in [7, 11) is -3.54. The van der Waals surface area contributed by atoms with Crippen LogP contribution in [0.15, 0.2) is 47.4 Å². The molecule has 0 heterocycles. The highest BCUT2D eigenvalue weighted by molar-refractivity contribution is 7.91. The highest BCUT2D eigenvalue weighted by atomic mass is 32.2. The summed E-state index contributed by atoms with van der Waals surface area (Å²) >= 11 is 0. The molecule has 2 rings (SSSR count). The van der Waals surface area contributed by atoms with Crippen molar-refractivity contribution in [2.45, 2.75) is 24.8 Å². The van der Waals surface area contributed by atoms with E-state index in [1.165, 1.54) is 12.1 Å². The fourth-order valence-electron chi connectivity index (χ4n) is 2.31. The zero-order chi connectivity index (χ0) is 15.6. The second kappa shape index (κ2) is 5.95. The molecule has 0 aliphatic rings. The molecule has 21 heavy (non-hydrogen) atoms. The number of hydrogen-bond donors (Lipinski definition) is 1. The van der Waals surface area contributed by atoms with Gasteiger partial charge in [0.15, 0.2) is 9.84 Å². The molecule has 2 aromatic rings. The lowest BCUT2D eigenvalue weighted by Crippen LogP contribution is -2.22. The first-order chi connectivity index (χ1) is 9.79. The first kappa shape index (κ1) is 15.7. The van der Waals surface area contributed by atoms with Crippen LogP contribution in [-0.2, 0) is 9.84 Å². The van der Waals surface area contributed by atoms with Crippen molar-refractivity contribution in [1.29, 1.82) is 0 Å². The van der Waals surface area contributed by atoms with Crippen LogP contribution in [0.3, 0.4) is 0 Å². The molecule has 0 aromatic heterocycles. The summed E-state index contributed by atoms with van der Waals surface area (Å²) in [5.74, 6) is -0.671. The first-order valence-corrected chi connectivity index (χ1v) is 8.26. The molecular weight excluding hydrogens is 289 g/mol. The van der Waals surface area contributed by atoms with Gasteiger partial charge >= 0.3 is 0 Å². The Hall–Kier alpha value is -1.72. The van der Waals surface area contributed by atoms with Gasteiger partial charge in [0, 0.05) is 6.04 Å². The standard InChI is InChI=1S/C16H18FNO2S/c1-11-3-8-15(12(2)9-11)16(18)10-21(19,20)14-6-4-13(17)5-7-14/h3-9,16H,10,18H2,1-2H3. The van der Waals surface area contributed by atoms with E-state index in [2.05, 4.69) is 0 Å². The van der Waals surface area contributed by atoms with E-state index in [-0.39, 0.29) is 10.6 Å². The summed E-state index contributed by atoms with van der Waals surface area (Å²) in [6.45, 7) is 3.88. The van der Waals surface area contributed by atoms with Crippen LogP contribution >= 0.6 is 0 Å². The van der Waals surface area contributed by atoms with E-state index in [0.29, 0.717) is 0 Å². The smallest absolute Gasteiger partial charge is 0.180 e. The van der Waals surface area contributed by atoms with Crippen LogP contribution in [0.2, 0.25) is 0 Å². The molecule has 3 nitrogen and oxygen atoms in total. The molecule has 0 aliphatic carbocycles. The van der Waals surface area contributed by atoms with Gasteiger partial charge in [-0.1, -0.05) is 23.8 Å². The fraction of sp³-hybridized carbons (Fsp3) is 0.250. The van der Waals surface area contributed by atoms with Crippen molar-refractivity contribution in [1.82, 2.24) is 0 Å². The van der Waals surface area contributed by atoms with Gasteiger partial charge in [-0.2, -0.15) is 0 Å². The predicted octanol–water partition coefficient (Wildman–Crippen LogP) is 2.92. The molecule has 5 heteroatoms. The zero-order valence-corrected chi connectivity index (χ0v) is 12.8. The molecule has 0 saturated heterocycles. The monoisotopic (exact) mass is 307 g/mol. The first-order valence-electron chi connectivity index (χ1n) is 6.60. The van der Waals surface area contributed by atoms with E-state index in [1.54, 1.807) is 0 Å².